The maximum atomic E-state index is 12.5. The van der Waals surface area contributed by atoms with Gasteiger partial charge < -0.3 is 9.84 Å². The molecule has 0 radical (unpaired) electrons. The van der Waals surface area contributed by atoms with E-state index in [-0.39, 0.29) is 0 Å². The van der Waals surface area contributed by atoms with E-state index in [2.05, 4.69) is 4.74 Å². The number of alkyl halides is 2. The molecule has 12 heavy (non-hydrogen) atoms. The van der Waals surface area contributed by atoms with Gasteiger partial charge in [0.2, 0.25) is 0 Å². The minimum Gasteiger partial charge on any atom is -0.481 e. The summed E-state index contributed by atoms with van der Waals surface area (Å²) in [5.74, 6) is -10.0. The second-order valence-electron chi connectivity index (χ2n) is 2.49. The number of carboxylic acid groups (broad SMARTS) is 1. The van der Waals surface area contributed by atoms with E-state index >= 15 is 0 Å². The summed E-state index contributed by atoms with van der Waals surface area (Å²) in [6, 6.07) is 0. The summed E-state index contributed by atoms with van der Waals surface area (Å²) >= 11 is 0. The molecule has 68 valence electrons. The van der Waals surface area contributed by atoms with Gasteiger partial charge in [-0.3, -0.25) is 9.59 Å². The SMILES string of the molecule is COC(=O)C1[C@@H](C(=O)O)C1(F)F. The first-order valence-electron chi connectivity index (χ1n) is 3.11. The lowest BCUT2D eigenvalue weighted by atomic mass is 10.3. The van der Waals surface area contributed by atoms with Gasteiger partial charge in [-0.2, -0.15) is 0 Å². The minimum atomic E-state index is -3.45. The molecule has 1 aliphatic carbocycles. The Hall–Kier alpha value is -1.20. The Balaban J connectivity index is 2.73. The summed E-state index contributed by atoms with van der Waals surface area (Å²) < 4.78 is 28.9. The van der Waals surface area contributed by atoms with Crippen LogP contribution in [0.25, 0.3) is 0 Å². The average Bonchev–Trinajstić information content (AvgIpc) is 2.52. The fraction of sp³-hybridized carbons (Fsp3) is 0.667. The van der Waals surface area contributed by atoms with E-state index < -0.39 is 29.7 Å². The maximum Gasteiger partial charge on any atom is 0.315 e. The smallest absolute Gasteiger partial charge is 0.315 e. The first-order chi connectivity index (χ1) is 5.42. The van der Waals surface area contributed by atoms with Crippen molar-refractivity contribution < 1.29 is 28.2 Å². The molecule has 0 saturated heterocycles. The van der Waals surface area contributed by atoms with Crippen molar-refractivity contribution in [2.24, 2.45) is 11.8 Å². The number of aliphatic carboxylic acids is 1. The summed E-state index contributed by atoms with van der Waals surface area (Å²) in [5, 5.41) is 8.22. The molecule has 6 heteroatoms. The summed E-state index contributed by atoms with van der Waals surface area (Å²) in [6.45, 7) is 0. The second-order valence-corrected chi connectivity index (χ2v) is 2.49. The van der Waals surface area contributed by atoms with Gasteiger partial charge in [-0.25, -0.2) is 8.78 Å². The van der Waals surface area contributed by atoms with Crippen LogP contribution in [0.4, 0.5) is 8.78 Å². The van der Waals surface area contributed by atoms with Crippen molar-refractivity contribution in [2.75, 3.05) is 7.11 Å². The highest BCUT2D eigenvalue weighted by Gasteiger charge is 2.76. The van der Waals surface area contributed by atoms with E-state index in [9.17, 15) is 18.4 Å². The van der Waals surface area contributed by atoms with E-state index in [0.29, 0.717) is 0 Å². The molecule has 2 atom stereocenters. The normalized spacial score (nSPS) is 30.9. The Kier molecular flexibility index (Phi) is 1.78. The molecule has 0 aromatic rings. The summed E-state index contributed by atoms with van der Waals surface area (Å²) in [6.07, 6.45) is 0. The molecule has 0 bridgehead atoms. The van der Waals surface area contributed by atoms with Crippen LogP contribution >= 0.6 is 0 Å². The topological polar surface area (TPSA) is 63.6 Å². The van der Waals surface area contributed by atoms with Crippen LogP contribution in [0.2, 0.25) is 0 Å². The zero-order valence-corrected chi connectivity index (χ0v) is 6.08. The molecule has 1 fully saturated rings. The van der Waals surface area contributed by atoms with Crippen molar-refractivity contribution in [2.45, 2.75) is 5.92 Å². The molecule has 1 unspecified atom stereocenters. The van der Waals surface area contributed by atoms with E-state index in [1.54, 1.807) is 0 Å². The molecule has 0 amide bonds. The predicted octanol–water partition coefficient (Wildman–Crippen LogP) is 0.125. The van der Waals surface area contributed by atoms with Crippen LogP contribution in [0.3, 0.4) is 0 Å². The molecule has 0 aromatic heterocycles. The fourth-order valence-corrected chi connectivity index (χ4v) is 1.05. The highest BCUT2D eigenvalue weighted by Crippen LogP contribution is 2.55. The monoisotopic (exact) mass is 180 g/mol. The van der Waals surface area contributed by atoms with Gasteiger partial charge in [-0.1, -0.05) is 0 Å². The van der Waals surface area contributed by atoms with Crippen LogP contribution in [0.5, 0.6) is 0 Å². The molecule has 1 rings (SSSR count). The van der Waals surface area contributed by atoms with Crippen LogP contribution < -0.4 is 0 Å². The van der Waals surface area contributed by atoms with Crippen molar-refractivity contribution in [3.8, 4) is 0 Å². The zero-order valence-electron chi connectivity index (χ0n) is 6.08. The second kappa shape index (κ2) is 2.40. The fourth-order valence-electron chi connectivity index (χ4n) is 1.05. The van der Waals surface area contributed by atoms with Gasteiger partial charge in [-0.05, 0) is 0 Å². The quantitative estimate of drug-likeness (QED) is 0.613. The largest absolute Gasteiger partial charge is 0.481 e. The number of hydrogen-bond donors (Lipinski definition) is 1. The summed E-state index contributed by atoms with van der Waals surface area (Å²) in [7, 11) is 0.940. The van der Waals surface area contributed by atoms with Gasteiger partial charge in [0.1, 0.15) is 11.8 Å². The Labute approximate surface area is 66.1 Å². The average molecular weight is 180 g/mol. The Morgan fingerprint density at radius 1 is 1.42 bits per heavy atom. The molecular weight excluding hydrogens is 174 g/mol. The highest BCUT2D eigenvalue weighted by atomic mass is 19.3. The number of esters is 1. The van der Waals surface area contributed by atoms with Crippen LogP contribution in [0.15, 0.2) is 0 Å². The highest BCUT2D eigenvalue weighted by molar-refractivity contribution is 5.89. The van der Waals surface area contributed by atoms with Crippen molar-refractivity contribution in [1.29, 1.82) is 0 Å². The van der Waals surface area contributed by atoms with Crippen molar-refractivity contribution >= 4 is 11.9 Å². The van der Waals surface area contributed by atoms with Crippen molar-refractivity contribution in [1.82, 2.24) is 0 Å². The Morgan fingerprint density at radius 3 is 2.17 bits per heavy atom. The zero-order chi connectivity index (χ0) is 9.52. The number of carbonyl (C=O) groups is 2. The van der Waals surface area contributed by atoms with Gasteiger partial charge in [-0.15, -0.1) is 0 Å². The van der Waals surface area contributed by atoms with Gasteiger partial charge in [0, 0.05) is 0 Å². The summed E-state index contributed by atoms with van der Waals surface area (Å²) in [4.78, 5) is 20.7. The molecule has 1 saturated carbocycles. The number of ether oxygens (including phenoxy) is 1. The number of methoxy groups -OCH3 is 1. The van der Waals surface area contributed by atoms with E-state index in [1.165, 1.54) is 0 Å². The third kappa shape index (κ3) is 1.03. The van der Waals surface area contributed by atoms with E-state index in [1.807, 2.05) is 0 Å². The number of carboxylic acids is 1. The third-order valence-electron chi connectivity index (χ3n) is 1.77. The van der Waals surface area contributed by atoms with E-state index in [0.717, 1.165) is 7.11 Å². The molecule has 1 aliphatic rings. The van der Waals surface area contributed by atoms with Gasteiger partial charge in [0.05, 0.1) is 7.11 Å². The number of halogens is 2. The maximum absolute atomic E-state index is 12.5. The van der Waals surface area contributed by atoms with Gasteiger partial charge in [0.25, 0.3) is 5.92 Å². The van der Waals surface area contributed by atoms with Crippen LogP contribution in [0.1, 0.15) is 0 Å². The van der Waals surface area contributed by atoms with Gasteiger partial charge in [0.15, 0.2) is 0 Å². The molecule has 4 nitrogen and oxygen atoms in total. The van der Waals surface area contributed by atoms with Crippen molar-refractivity contribution in [3.05, 3.63) is 0 Å². The molecule has 0 aliphatic heterocycles. The first kappa shape index (κ1) is 8.89. The van der Waals surface area contributed by atoms with E-state index in [4.69, 9.17) is 5.11 Å². The predicted molar refractivity (Wildman–Crippen MR) is 31.6 cm³/mol. The Bertz CT molecular complexity index is 238. The van der Waals surface area contributed by atoms with Crippen molar-refractivity contribution in [3.63, 3.8) is 0 Å². The first-order valence-corrected chi connectivity index (χ1v) is 3.11. The molecular formula is C6H6F2O4. The number of carbonyl (C=O) groups excluding carboxylic acids is 1. The summed E-state index contributed by atoms with van der Waals surface area (Å²) in [5.41, 5.74) is 0. The lowest BCUT2D eigenvalue weighted by Crippen LogP contribution is -2.09. The molecule has 0 heterocycles. The molecule has 0 spiro atoms. The standard InChI is InChI=1S/C6H6F2O4/c1-12-5(11)3-2(4(9)10)6(3,7)8/h2-3H,1H3,(H,9,10)/t2-,3?/m0/s1. The van der Waals surface area contributed by atoms with Crippen LogP contribution in [-0.2, 0) is 14.3 Å². The van der Waals surface area contributed by atoms with Crippen LogP contribution in [0, 0.1) is 11.8 Å². The Morgan fingerprint density at radius 2 is 1.92 bits per heavy atom. The van der Waals surface area contributed by atoms with Gasteiger partial charge >= 0.3 is 11.9 Å². The third-order valence-corrected chi connectivity index (χ3v) is 1.77. The lowest BCUT2D eigenvalue weighted by Gasteiger charge is -1.93. The lowest BCUT2D eigenvalue weighted by molar-refractivity contribution is -0.146. The minimum absolute atomic E-state index is 0.940. The molecule has 0 aromatic carbocycles. The molecule has 1 N–H and O–H groups in total. The van der Waals surface area contributed by atoms with Crippen LogP contribution in [-0.4, -0.2) is 30.1 Å². The number of rotatable bonds is 2. The number of hydrogen-bond acceptors (Lipinski definition) is 3.